The molecule has 2 aliphatic rings. The maximum absolute atomic E-state index is 12.7. The number of piperidine rings is 1. The van der Waals surface area contributed by atoms with Crippen molar-refractivity contribution in [1.82, 2.24) is 9.80 Å². The molecule has 0 saturated carbocycles. The van der Waals surface area contributed by atoms with Crippen LogP contribution in [-0.2, 0) is 4.79 Å². The van der Waals surface area contributed by atoms with E-state index < -0.39 is 0 Å². The van der Waals surface area contributed by atoms with Gasteiger partial charge in [0.15, 0.2) is 0 Å². The van der Waals surface area contributed by atoms with E-state index in [1.165, 1.54) is 0 Å². The number of likely N-dealkylation sites (tertiary alicyclic amines) is 2. The normalized spacial score (nSPS) is 22.8. The minimum absolute atomic E-state index is 0.00398. The first-order valence-corrected chi connectivity index (χ1v) is 9.44. The lowest BCUT2D eigenvalue weighted by atomic mass is 10.0. The van der Waals surface area contributed by atoms with Gasteiger partial charge in [0.25, 0.3) is 5.91 Å². The number of hydrogen-bond donors (Lipinski definition) is 1. The Morgan fingerprint density at radius 3 is 2.54 bits per heavy atom. The second-order valence-electron chi connectivity index (χ2n) is 6.45. The number of primary amides is 1. The maximum Gasteiger partial charge on any atom is 0.255 e. The van der Waals surface area contributed by atoms with Gasteiger partial charge < -0.3 is 10.6 Å². The number of nitrogens with two attached hydrogens (primary N) is 1. The molecule has 0 aromatic heterocycles. The highest BCUT2D eigenvalue weighted by atomic mass is 79.9. The molecule has 2 amide bonds. The van der Waals surface area contributed by atoms with Crippen molar-refractivity contribution in [3.05, 3.63) is 33.3 Å². The number of nitrogens with zero attached hydrogens (tertiary/aromatic N) is 2. The average molecular weight is 415 g/mol. The summed E-state index contributed by atoms with van der Waals surface area (Å²) in [5, 5.41) is 0.554. The van der Waals surface area contributed by atoms with Crippen LogP contribution in [0.1, 0.15) is 36.0 Å². The van der Waals surface area contributed by atoms with Crippen LogP contribution in [0.3, 0.4) is 0 Å². The molecule has 0 radical (unpaired) electrons. The molecule has 1 aromatic rings. The van der Waals surface area contributed by atoms with Crippen LogP contribution in [0, 0.1) is 0 Å². The van der Waals surface area contributed by atoms with Gasteiger partial charge in [-0.1, -0.05) is 11.6 Å². The Balaban J connectivity index is 1.63. The molecule has 1 atom stereocenters. The number of carbonyl (C=O) groups excluding carboxylic acids is 2. The van der Waals surface area contributed by atoms with Gasteiger partial charge in [0.2, 0.25) is 5.91 Å². The predicted molar refractivity (Wildman–Crippen MR) is 97.0 cm³/mol. The van der Waals surface area contributed by atoms with E-state index in [9.17, 15) is 9.59 Å². The zero-order chi connectivity index (χ0) is 17.3. The van der Waals surface area contributed by atoms with Crippen molar-refractivity contribution in [3.8, 4) is 0 Å². The third-order valence-electron chi connectivity index (χ3n) is 5.00. The van der Waals surface area contributed by atoms with Crippen LogP contribution in [0.2, 0.25) is 5.02 Å². The summed E-state index contributed by atoms with van der Waals surface area (Å²) >= 11 is 9.43. The van der Waals surface area contributed by atoms with Gasteiger partial charge in [-0.2, -0.15) is 0 Å². The molecule has 0 bridgehead atoms. The number of amides is 2. The highest BCUT2D eigenvalue weighted by molar-refractivity contribution is 9.10. The average Bonchev–Trinajstić information content (AvgIpc) is 3.06. The standard InChI is InChI=1S/C17H21BrClN3O2/c18-14-4-3-11(19)10-13(14)17(24)21-8-5-12(6-9-21)22-7-1-2-15(22)16(20)23/h3-4,10,12,15H,1-2,5-9H2,(H2,20,23). The Bertz CT molecular complexity index is 647. The van der Waals surface area contributed by atoms with Crippen LogP contribution in [-0.4, -0.2) is 53.3 Å². The molecule has 3 rings (SSSR count). The number of rotatable bonds is 3. The number of benzene rings is 1. The smallest absolute Gasteiger partial charge is 0.255 e. The van der Waals surface area contributed by atoms with E-state index in [1.807, 2.05) is 4.90 Å². The quantitative estimate of drug-likeness (QED) is 0.827. The second kappa shape index (κ2) is 7.42. The van der Waals surface area contributed by atoms with E-state index in [0.717, 1.165) is 36.7 Å². The van der Waals surface area contributed by atoms with Crippen molar-refractivity contribution in [2.45, 2.75) is 37.8 Å². The summed E-state index contributed by atoms with van der Waals surface area (Å²) in [4.78, 5) is 28.4. The molecular weight excluding hydrogens is 394 g/mol. The van der Waals surface area contributed by atoms with Crippen LogP contribution in [0.5, 0.6) is 0 Å². The van der Waals surface area contributed by atoms with Crippen LogP contribution in [0.25, 0.3) is 0 Å². The zero-order valence-electron chi connectivity index (χ0n) is 13.4. The first-order valence-electron chi connectivity index (χ1n) is 8.27. The third-order valence-corrected chi connectivity index (χ3v) is 5.93. The van der Waals surface area contributed by atoms with Gasteiger partial charge >= 0.3 is 0 Å². The fourth-order valence-corrected chi connectivity index (χ4v) is 4.35. The predicted octanol–water partition coefficient (Wildman–Crippen LogP) is 2.66. The summed E-state index contributed by atoms with van der Waals surface area (Å²) in [7, 11) is 0. The van der Waals surface area contributed by atoms with Crippen molar-refractivity contribution in [1.29, 1.82) is 0 Å². The number of carbonyl (C=O) groups is 2. The molecule has 5 nitrogen and oxygen atoms in total. The summed E-state index contributed by atoms with van der Waals surface area (Å²) < 4.78 is 0.757. The van der Waals surface area contributed by atoms with Gasteiger partial charge in [0, 0.05) is 28.6 Å². The summed E-state index contributed by atoms with van der Waals surface area (Å²) in [5.74, 6) is -0.232. The van der Waals surface area contributed by atoms with Crippen molar-refractivity contribution in [2.75, 3.05) is 19.6 Å². The van der Waals surface area contributed by atoms with Crippen molar-refractivity contribution in [3.63, 3.8) is 0 Å². The van der Waals surface area contributed by atoms with Gasteiger partial charge in [0.05, 0.1) is 11.6 Å². The highest BCUT2D eigenvalue weighted by Crippen LogP contribution is 2.28. The molecule has 7 heteroatoms. The summed E-state index contributed by atoms with van der Waals surface area (Å²) in [6, 6.07) is 5.44. The number of hydrogen-bond acceptors (Lipinski definition) is 3. The minimum Gasteiger partial charge on any atom is -0.368 e. The van der Waals surface area contributed by atoms with Gasteiger partial charge in [0.1, 0.15) is 0 Å². The molecule has 2 saturated heterocycles. The van der Waals surface area contributed by atoms with Crippen molar-refractivity contribution >= 4 is 39.3 Å². The van der Waals surface area contributed by atoms with Crippen LogP contribution in [0.4, 0.5) is 0 Å². The lowest BCUT2D eigenvalue weighted by Crippen LogP contribution is -2.51. The van der Waals surface area contributed by atoms with E-state index in [2.05, 4.69) is 20.8 Å². The molecule has 2 aliphatic heterocycles. The van der Waals surface area contributed by atoms with E-state index in [-0.39, 0.29) is 17.9 Å². The zero-order valence-corrected chi connectivity index (χ0v) is 15.7. The summed E-state index contributed by atoms with van der Waals surface area (Å²) in [6.07, 6.45) is 3.60. The lowest BCUT2D eigenvalue weighted by molar-refractivity contribution is -0.123. The Morgan fingerprint density at radius 2 is 1.88 bits per heavy atom. The minimum atomic E-state index is -0.228. The number of halogens is 2. The molecule has 1 unspecified atom stereocenters. The van der Waals surface area contributed by atoms with Gasteiger partial charge in [-0.05, 0) is 66.4 Å². The molecule has 24 heavy (non-hydrogen) atoms. The Kier molecular flexibility index (Phi) is 5.47. The van der Waals surface area contributed by atoms with E-state index >= 15 is 0 Å². The third kappa shape index (κ3) is 3.60. The summed E-state index contributed by atoms with van der Waals surface area (Å²) in [5.41, 5.74) is 6.11. The lowest BCUT2D eigenvalue weighted by Gasteiger charge is -2.38. The molecule has 2 N–H and O–H groups in total. The van der Waals surface area contributed by atoms with E-state index in [4.69, 9.17) is 17.3 Å². The molecule has 130 valence electrons. The van der Waals surface area contributed by atoms with Crippen LogP contribution < -0.4 is 5.73 Å². The molecule has 2 fully saturated rings. The van der Waals surface area contributed by atoms with Crippen molar-refractivity contribution in [2.24, 2.45) is 5.73 Å². The maximum atomic E-state index is 12.7. The topological polar surface area (TPSA) is 66.6 Å². The first kappa shape index (κ1) is 17.7. The van der Waals surface area contributed by atoms with Crippen LogP contribution >= 0.6 is 27.5 Å². The summed E-state index contributed by atoms with van der Waals surface area (Å²) in [6.45, 7) is 2.29. The van der Waals surface area contributed by atoms with E-state index in [1.54, 1.807) is 18.2 Å². The second-order valence-corrected chi connectivity index (χ2v) is 7.74. The first-order chi connectivity index (χ1) is 11.5. The van der Waals surface area contributed by atoms with Crippen molar-refractivity contribution < 1.29 is 9.59 Å². The Morgan fingerprint density at radius 1 is 1.17 bits per heavy atom. The van der Waals surface area contributed by atoms with Crippen LogP contribution in [0.15, 0.2) is 22.7 Å². The highest BCUT2D eigenvalue weighted by Gasteiger charge is 2.36. The monoisotopic (exact) mass is 413 g/mol. The Labute approximate surface area is 155 Å². The van der Waals surface area contributed by atoms with Gasteiger partial charge in [-0.15, -0.1) is 0 Å². The largest absolute Gasteiger partial charge is 0.368 e. The SMILES string of the molecule is NC(=O)C1CCCN1C1CCN(C(=O)c2cc(Cl)ccc2Br)CC1. The fourth-order valence-electron chi connectivity index (χ4n) is 3.76. The molecular formula is C17H21BrClN3O2. The molecule has 0 spiro atoms. The molecule has 0 aliphatic carbocycles. The fraction of sp³-hybridized carbons (Fsp3) is 0.529. The van der Waals surface area contributed by atoms with E-state index in [0.29, 0.717) is 29.7 Å². The van der Waals surface area contributed by atoms with Gasteiger partial charge in [-0.25, -0.2) is 0 Å². The molecule has 1 aromatic carbocycles. The molecule has 2 heterocycles. The van der Waals surface area contributed by atoms with Gasteiger partial charge in [-0.3, -0.25) is 14.5 Å². The Hall–Kier alpha value is -1.11.